The molecule has 1 aliphatic heterocycles. The van der Waals surface area contributed by atoms with E-state index in [-0.39, 0.29) is 13.1 Å². The van der Waals surface area contributed by atoms with Gasteiger partial charge in [0, 0.05) is 25.2 Å². The fourth-order valence-corrected chi connectivity index (χ4v) is 1.21. The third-order valence-corrected chi connectivity index (χ3v) is 2.10. The topological polar surface area (TPSA) is 114 Å². The van der Waals surface area contributed by atoms with Crippen molar-refractivity contribution in [2.24, 2.45) is 0 Å². The van der Waals surface area contributed by atoms with Crippen molar-refractivity contribution >= 4 is 23.8 Å². The number of imide groups is 1. The van der Waals surface area contributed by atoms with Crippen LogP contribution in [0.15, 0.2) is 12.2 Å². The van der Waals surface area contributed by atoms with Crippen molar-refractivity contribution in [3.05, 3.63) is 12.2 Å². The van der Waals surface area contributed by atoms with Gasteiger partial charge in [0.05, 0.1) is 7.11 Å². The molecule has 0 aromatic carbocycles. The molecule has 2 N–H and O–H groups in total. The van der Waals surface area contributed by atoms with E-state index < -0.39 is 30.4 Å². The summed E-state index contributed by atoms with van der Waals surface area (Å²) in [6, 6.07) is 0. The molecule has 1 aliphatic rings. The average Bonchev–Trinajstić information content (AvgIpc) is 2.70. The average molecular weight is 271 g/mol. The minimum absolute atomic E-state index is 0.0703. The number of rotatable bonds is 6. The number of hydroxylamine groups is 1. The molecular formula is C10H13N3O6. The zero-order valence-corrected chi connectivity index (χ0v) is 10.2. The molecule has 0 saturated heterocycles. The molecule has 4 amide bonds. The van der Waals surface area contributed by atoms with Gasteiger partial charge in [-0.25, -0.2) is 4.79 Å². The van der Waals surface area contributed by atoms with Crippen LogP contribution in [0.3, 0.4) is 0 Å². The zero-order chi connectivity index (χ0) is 14.3. The molecule has 1 heterocycles. The summed E-state index contributed by atoms with van der Waals surface area (Å²) in [7, 11) is 1.15. The van der Waals surface area contributed by atoms with Crippen LogP contribution in [-0.4, -0.2) is 55.5 Å². The first-order valence-corrected chi connectivity index (χ1v) is 5.30. The van der Waals surface area contributed by atoms with Crippen LogP contribution >= 0.6 is 0 Å². The van der Waals surface area contributed by atoms with Crippen molar-refractivity contribution in [2.45, 2.75) is 0 Å². The lowest BCUT2D eigenvalue weighted by Gasteiger charge is -2.13. The Kier molecular flexibility index (Phi) is 5.48. The maximum atomic E-state index is 11.2. The van der Waals surface area contributed by atoms with Crippen LogP contribution in [0, 0.1) is 0 Å². The highest BCUT2D eigenvalue weighted by molar-refractivity contribution is 6.12. The van der Waals surface area contributed by atoms with Gasteiger partial charge in [-0.3, -0.25) is 24.1 Å². The van der Waals surface area contributed by atoms with Gasteiger partial charge < -0.3 is 10.1 Å². The first-order valence-electron chi connectivity index (χ1n) is 5.30. The number of carbonyl (C=O) groups excluding carboxylic acids is 4. The second-order valence-electron chi connectivity index (χ2n) is 3.39. The van der Waals surface area contributed by atoms with Crippen LogP contribution < -0.4 is 10.8 Å². The van der Waals surface area contributed by atoms with Gasteiger partial charge in [-0.15, -0.1) is 0 Å². The molecule has 1 rings (SSSR count). The summed E-state index contributed by atoms with van der Waals surface area (Å²) in [4.78, 5) is 49.6. The predicted octanol–water partition coefficient (Wildman–Crippen LogP) is -1.68. The highest BCUT2D eigenvalue weighted by atomic mass is 16.7. The van der Waals surface area contributed by atoms with E-state index in [0.717, 1.165) is 24.2 Å². The molecular weight excluding hydrogens is 258 g/mol. The molecule has 0 atom stereocenters. The van der Waals surface area contributed by atoms with Crippen molar-refractivity contribution < 1.29 is 28.8 Å². The van der Waals surface area contributed by atoms with E-state index in [9.17, 15) is 19.2 Å². The van der Waals surface area contributed by atoms with Gasteiger partial charge in [0.2, 0.25) is 5.91 Å². The van der Waals surface area contributed by atoms with Gasteiger partial charge in [-0.1, -0.05) is 0 Å². The van der Waals surface area contributed by atoms with Crippen LogP contribution in [0.25, 0.3) is 0 Å². The SMILES string of the molecule is COC(=O)NOCC(=O)NCCN1C(=O)C=CC1=O. The van der Waals surface area contributed by atoms with Gasteiger partial charge in [0.15, 0.2) is 6.61 Å². The Bertz CT molecular complexity index is 401. The van der Waals surface area contributed by atoms with Crippen LogP contribution in [0.4, 0.5) is 4.79 Å². The predicted molar refractivity (Wildman–Crippen MR) is 60.4 cm³/mol. The van der Waals surface area contributed by atoms with Gasteiger partial charge in [0.1, 0.15) is 0 Å². The van der Waals surface area contributed by atoms with Crippen LogP contribution in [-0.2, 0) is 24.0 Å². The first-order chi connectivity index (χ1) is 9.04. The highest BCUT2D eigenvalue weighted by Crippen LogP contribution is 2.01. The van der Waals surface area contributed by atoms with Crippen molar-refractivity contribution in [1.29, 1.82) is 0 Å². The molecule has 0 spiro atoms. The molecule has 0 aliphatic carbocycles. The van der Waals surface area contributed by atoms with Crippen LogP contribution in [0.2, 0.25) is 0 Å². The van der Waals surface area contributed by atoms with Gasteiger partial charge in [-0.2, -0.15) is 5.48 Å². The second kappa shape index (κ2) is 7.11. The number of hydrogen-bond acceptors (Lipinski definition) is 6. The van der Waals surface area contributed by atoms with E-state index in [1.165, 1.54) is 0 Å². The number of carbonyl (C=O) groups is 4. The molecule has 0 aromatic rings. The van der Waals surface area contributed by atoms with Crippen molar-refractivity contribution in [2.75, 3.05) is 26.8 Å². The van der Waals surface area contributed by atoms with E-state index >= 15 is 0 Å². The Morgan fingerprint density at radius 2 is 1.89 bits per heavy atom. The molecule has 0 bridgehead atoms. The first kappa shape index (κ1) is 14.6. The summed E-state index contributed by atoms with van der Waals surface area (Å²) in [6.07, 6.45) is 1.49. The Labute approximate surface area is 108 Å². The number of ether oxygens (including phenoxy) is 1. The van der Waals surface area contributed by atoms with E-state index in [1.807, 2.05) is 5.48 Å². The number of nitrogens with one attached hydrogen (secondary N) is 2. The second-order valence-corrected chi connectivity index (χ2v) is 3.39. The minimum Gasteiger partial charge on any atom is -0.451 e. The molecule has 0 fully saturated rings. The third-order valence-electron chi connectivity index (χ3n) is 2.10. The Balaban J connectivity index is 2.12. The lowest BCUT2D eigenvalue weighted by atomic mass is 10.5. The standard InChI is InChI=1S/C10H13N3O6/c1-18-10(17)12-19-6-7(14)11-4-5-13-8(15)2-3-9(13)16/h2-3H,4-6H2,1H3,(H,11,14)(H,12,17). The lowest BCUT2D eigenvalue weighted by Crippen LogP contribution is -2.40. The van der Waals surface area contributed by atoms with Crippen LogP contribution in [0.5, 0.6) is 0 Å². The number of nitrogens with zero attached hydrogens (tertiary/aromatic N) is 1. The number of methoxy groups -OCH3 is 1. The summed E-state index contributed by atoms with van der Waals surface area (Å²) in [5.41, 5.74) is 1.86. The Morgan fingerprint density at radius 3 is 2.47 bits per heavy atom. The summed E-state index contributed by atoms with van der Waals surface area (Å²) < 4.78 is 4.21. The molecule has 0 radical (unpaired) electrons. The fraction of sp³-hybridized carbons (Fsp3) is 0.400. The molecule has 9 nitrogen and oxygen atoms in total. The zero-order valence-electron chi connectivity index (χ0n) is 10.2. The van der Waals surface area contributed by atoms with E-state index in [1.54, 1.807) is 0 Å². The summed E-state index contributed by atoms with van der Waals surface area (Å²) in [5, 5.41) is 2.41. The molecule has 0 unspecified atom stereocenters. The van der Waals surface area contributed by atoms with Crippen molar-refractivity contribution in [3.8, 4) is 0 Å². The quantitative estimate of drug-likeness (QED) is 0.440. The van der Waals surface area contributed by atoms with Gasteiger partial charge in [0.25, 0.3) is 11.8 Å². The molecule has 9 heteroatoms. The fourth-order valence-electron chi connectivity index (χ4n) is 1.21. The molecule has 0 saturated carbocycles. The Morgan fingerprint density at radius 1 is 1.26 bits per heavy atom. The monoisotopic (exact) mass is 271 g/mol. The summed E-state index contributed by atoms with van der Waals surface area (Å²) in [5.74, 6) is -1.34. The van der Waals surface area contributed by atoms with Gasteiger partial charge >= 0.3 is 6.09 Å². The van der Waals surface area contributed by atoms with Crippen molar-refractivity contribution in [1.82, 2.24) is 15.7 Å². The molecule has 19 heavy (non-hydrogen) atoms. The Hall–Kier alpha value is -2.42. The number of hydrogen-bond donors (Lipinski definition) is 2. The molecule has 0 aromatic heterocycles. The van der Waals surface area contributed by atoms with E-state index in [0.29, 0.717) is 0 Å². The largest absolute Gasteiger partial charge is 0.451 e. The lowest BCUT2D eigenvalue weighted by molar-refractivity contribution is -0.137. The van der Waals surface area contributed by atoms with E-state index in [4.69, 9.17) is 0 Å². The summed E-state index contributed by atoms with van der Waals surface area (Å²) >= 11 is 0. The molecule has 104 valence electrons. The van der Waals surface area contributed by atoms with Crippen LogP contribution in [0.1, 0.15) is 0 Å². The minimum atomic E-state index is -0.827. The summed E-state index contributed by atoms with van der Waals surface area (Å²) in [6.45, 7) is -0.240. The maximum Gasteiger partial charge on any atom is 0.431 e. The third kappa shape index (κ3) is 4.76. The maximum absolute atomic E-state index is 11.2. The normalized spacial score (nSPS) is 13.6. The number of amides is 4. The van der Waals surface area contributed by atoms with Crippen molar-refractivity contribution in [3.63, 3.8) is 0 Å². The smallest absolute Gasteiger partial charge is 0.431 e. The van der Waals surface area contributed by atoms with E-state index in [2.05, 4.69) is 14.9 Å². The highest BCUT2D eigenvalue weighted by Gasteiger charge is 2.22. The van der Waals surface area contributed by atoms with Gasteiger partial charge in [-0.05, 0) is 0 Å².